The summed E-state index contributed by atoms with van der Waals surface area (Å²) in [7, 11) is 0. The van der Waals surface area contributed by atoms with Crippen molar-refractivity contribution >= 4 is 12.6 Å². The average Bonchev–Trinajstić information content (AvgIpc) is 2.19. The van der Waals surface area contributed by atoms with E-state index in [4.69, 9.17) is 4.74 Å². The minimum Gasteiger partial charge on any atom is -0.492 e. The molecule has 0 bridgehead atoms. The molecule has 1 saturated carbocycles. The molecule has 1 aliphatic carbocycles. The molecule has 0 atom stereocenters. The third-order valence-corrected chi connectivity index (χ3v) is 4.55. The van der Waals surface area contributed by atoms with Crippen LogP contribution in [0, 0.1) is 26.2 Å². The summed E-state index contributed by atoms with van der Waals surface area (Å²) in [5, 5.41) is 0. The highest BCUT2D eigenvalue weighted by molar-refractivity contribution is 7.80. The van der Waals surface area contributed by atoms with Gasteiger partial charge in [-0.05, 0) is 50.5 Å². The zero-order valence-electron chi connectivity index (χ0n) is 11.0. The van der Waals surface area contributed by atoms with Gasteiger partial charge >= 0.3 is 0 Å². The van der Waals surface area contributed by atoms with Crippen molar-refractivity contribution in [3.05, 3.63) is 28.8 Å². The van der Waals surface area contributed by atoms with Crippen LogP contribution in [0.5, 0.6) is 5.75 Å². The highest BCUT2D eigenvalue weighted by atomic mass is 32.1. The molecule has 0 radical (unpaired) electrons. The molecule has 94 valence electrons. The first-order valence-electron chi connectivity index (χ1n) is 6.38. The van der Waals surface area contributed by atoms with Crippen molar-refractivity contribution in [2.45, 2.75) is 40.0 Å². The fourth-order valence-corrected chi connectivity index (χ4v) is 3.05. The topological polar surface area (TPSA) is 9.23 Å². The molecule has 1 aromatic carbocycles. The molecule has 1 aliphatic rings. The Morgan fingerprint density at radius 3 is 2.18 bits per heavy atom. The van der Waals surface area contributed by atoms with E-state index in [0.717, 1.165) is 18.1 Å². The zero-order valence-corrected chi connectivity index (χ0v) is 11.9. The molecule has 0 aromatic heterocycles. The lowest BCUT2D eigenvalue weighted by Crippen LogP contribution is -2.37. The van der Waals surface area contributed by atoms with E-state index in [0.29, 0.717) is 5.41 Å². The second-order valence-corrected chi connectivity index (χ2v) is 5.84. The Morgan fingerprint density at radius 2 is 1.76 bits per heavy atom. The summed E-state index contributed by atoms with van der Waals surface area (Å²) >= 11 is 4.47. The van der Waals surface area contributed by atoms with Crippen LogP contribution in [0.15, 0.2) is 12.1 Å². The van der Waals surface area contributed by atoms with Crippen molar-refractivity contribution in [1.82, 2.24) is 0 Å². The van der Waals surface area contributed by atoms with Crippen molar-refractivity contribution in [1.29, 1.82) is 0 Å². The van der Waals surface area contributed by atoms with Gasteiger partial charge in [-0.1, -0.05) is 24.1 Å². The van der Waals surface area contributed by atoms with Crippen LogP contribution in [0.3, 0.4) is 0 Å². The zero-order chi connectivity index (χ0) is 12.5. The second-order valence-electron chi connectivity index (χ2n) is 5.53. The Bertz CT molecular complexity index is 379. The Labute approximate surface area is 110 Å². The number of ether oxygens (including phenoxy) is 1. The first-order chi connectivity index (χ1) is 8.06. The average molecular weight is 250 g/mol. The van der Waals surface area contributed by atoms with E-state index in [-0.39, 0.29) is 0 Å². The van der Waals surface area contributed by atoms with Crippen LogP contribution in [0.25, 0.3) is 0 Å². The van der Waals surface area contributed by atoms with E-state index in [1.165, 1.54) is 36.0 Å². The van der Waals surface area contributed by atoms with Gasteiger partial charge in [-0.3, -0.25) is 0 Å². The lowest BCUT2D eigenvalue weighted by molar-refractivity contribution is 0.0821. The van der Waals surface area contributed by atoms with E-state index in [1.807, 2.05) is 0 Å². The van der Waals surface area contributed by atoms with Crippen molar-refractivity contribution < 1.29 is 4.74 Å². The van der Waals surface area contributed by atoms with Crippen LogP contribution in [0.1, 0.15) is 36.0 Å². The van der Waals surface area contributed by atoms with Crippen LogP contribution in [-0.2, 0) is 0 Å². The quantitative estimate of drug-likeness (QED) is 0.792. The van der Waals surface area contributed by atoms with E-state index in [1.54, 1.807) is 0 Å². The van der Waals surface area contributed by atoms with Gasteiger partial charge in [-0.2, -0.15) is 12.6 Å². The van der Waals surface area contributed by atoms with Gasteiger partial charge in [-0.15, -0.1) is 0 Å². The summed E-state index contributed by atoms with van der Waals surface area (Å²) in [6, 6.07) is 4.38. The third-order valence-electron chi connectivity index (χ3n) is 3.88. The summed E-state index contributed by atoms with van der Waals surface area (Å²) in [6.07, 6.45) is 3.86. The Morgan fingerprint density at radius 1 is 1.18 bits per heavy atom. The summed E-state index contributed by atoms with van der Waals surface area (Å²) in [5.74, 6) is 2.01. The van der Waals surface area contributed by atoms with Gasteiger partial charge in [-0.25, -0.2) is 0 Å². The summed E-state index contributed by atoms with van der Waals surface area (Å²) < 4.78 is 6.07. The standard InChI is InChI=1S/C15H22OS/c1-11-7-12(2)14(13(3)8-11)16-9-15(10-17)5-4-6-15/h7-8,17H,4-6,9-10H2,1-3H3. The molecular weight excluding hydrogens is 228 g/mol. The smallest absolute Gasteiger partial charge is 0.125 e. The predicted octanol–water partition coefficient (Wildman–Crippen LogP) is 4.09. The van der Waals surface area contributed by atoms with Crippen LogP contribution in [0.2, 0.25) is 0 Å². The molecule has 2 heteroatoms. The summed E-state index contributed by atoms with van der Waals surface area (Å²) in [6.45, 7) is 7.21. The SMILES string of the molecule is Cc1cc(C)c(OCC2(CS)CCC2)c(C)c1. The monoisotopic (exact) mass is 250 g/mol. The Hall–Kier alpha value is -0.630. The maximum atomic E-state index is 6.07. The molecule has 0 saturated heterocycles. The molecule has 2 rings (SSSR count). The molecular formula is C15H22OS. The first kappa shape index (κ1) is 12.8. The van der Waals surface area contributed by atoms with Gasteiger partial charge in [0.2, 0.25) is 0 Å². The lowest BCUT2D eigenvalue weighted by atomic mass is 9.71. The summed E-state index contributed by atoms with van der Waals surface area (Å²) in [4.78, 5) is 0. The first-order valence-corrected chi connectivity index (χ1v) is 7.01. The molecule has 1 nitrogen and oxygen atoms in total. The number of hydrogen-bond acceptors (Lipinski definition) is 2. The molecule has 0 aliphatic heterocycles. The van der Waals surface area contributed by atoms with E-state index in [2.05, 4.69) is 45.5 Å². The maximum Gasteiger partial charge on any atom is 0.125 e. The molecule has 1 fully saturated rings. The van der Waals surface area contributed by atoms with Gasteiger partial charge < -0.3 is 4.74 Å². The fourth-order valence-electron chi connectivity index (χ4n) is 2.64. The maximum absolute atomic E-state index is 6.07. The van der Waals surface area contributed by atoms with E-state index < -0.39 is 0 Å². The van der Waals surface area contributed by atoms with Crippen molar-refractivity contribution in [2.75, 3.05) is 12.4 Å². The minimum atomic E-state index is 0.340. The molecule has 0 spiro atoms. The normalized spacial score (nSPS) is 17.6. The van der Waals surface area contributed by atoms with Gasteiger partial charge in [0, 0.05) is 5.41 Å². The number of rotatable bonds is 4. The van der Waals surface area contributed by atoms with E-state index >= 15 is 0 Å². The van der Waals surface area contributed by atoms with Crippen LogP contribution >= 0.6 is 12.6 Å². The Kier molecular flexibility index (Phi) is 3.72. The fraction of sp³-hybridized carbons (Fsp3) is 0.600. The van der Waals surface area contributed by atoms with Crippen LogP contribution in [0.4, 0.5) is 0 Å². The van der Waals surface area contributed by atoms with Crippen molar-refractivity contribution in [2.24, 2.45) is 5.41 Å². The highest BCUT2D eigenvalue weighted by Crippen LogP contribution is 2.42. The lowest BCUT2D eigenvalue weighted by Gasteiger charge is -2.40. The number of aryl methyl sites for hydroxylation is 3. The van der Waals surface area contributed by atoms with Crippen LogP contribution in [-0.4, -0.2) is 12.4 Å². The Balaban J connectivity index is 2.09. The number of thiol groups is 1. The molecule has 0 unspecified atom stereocenters. The largest absolute Gasteiger partial charge is 0.492 e. The summed E-state index contributed by atoms with van der Waals surface area (Å²) in [5.41, 5.74) is 4.14. The second kappa shape index (κ2) is 4.93. The molecule has 0 N–H and O–H groups in total. The van der Waals surface area contributed by atoms with Crippen molar-refractivity contribution in [3.63, 3.8) is 0 Å². The highest BCUT2D eigenvalue weighted by Gasteiger charge is 2.36. The molecule has 0 heterocycles. The van der Waals surface area contributed by atoms with Gasteiger partial charge in [0.25, 0.3) is 0 Å². The third kappa shape index (κ3) is 2.62. The van der Waals surface area contributed by atoms with E-state index in [9.17, 15) is 0 Å². The van der Waals surface area contributed by atoms with Gasteiger partial charge in [0.15, 0.2) is 0 Å². The molecule has 17 heavy (non-hydrogen) atoms. The van der Waals surface area contributed by atoms with Crippen LogP contribution < -0.4 is 4.74 Å². The molecule has 0 amide bonds. The van der Waals surface area contributed by atoms with Crippen molar-refractivity contribution in [3.8, 4) is 5.75 Å². The number of hydrogen-bond donors (Lipinski definition) is 1. The van der Waals surface area contributed by atoms with Gasteiger partial charge in [0.1, 0.15) is 5.75 Å². The predicted molar refractivity (Wildman–Crippen MR) is 76.3 cm³/mol. The van der Waals surface area contributed by atoms with Gasteiger partial charge in [0.05, 0.1) is 6.61 Å². The number of benzene rings is 1. The minimum absolute atomic E-state index is 0.340. The molecule has 1 aromatic rings.